The second-order valence-corrected chi connectivity index (χ2v) is 4.90. The summed E-state index contributed by atoms with van der Waals surface area (Å²) in [6, 6.07) is 5.74. The Labute approximate surface area is 103 Å². The van der Waals surface area contributed by atoms with Crippen molar-refractivity contribution in [1.29, 1.82) is 0 Å². The van der Waals surface area contributed by atoms with E-state index in [1.54, 1.807) is 7.11 Å². The van der Waals surface area contributed by atoms with Crippen molar-refractivity contribution in [2.75, 3.05) is 12.4 Å². The van der Waals surface area contributed by atoms with E-state index in [4.69, 9.17) is 4.74 Å². The molecule has 1 rings (SSSR count). The predicted octanol–water partition coefficient (Wildman–Crippen LogP) is 3.38. The minimum Gasteiger partial charge on any atom is -0.495 e. The summed E-state index contributed by atoms with van der Waals surface area (Å²) in [7, 11) is 1.61. The van der Waals surface area contributed by atoms with Gasteiger partial charge in [0.15, 0.2) is 0 Å². The molecule has 0 fully saturated rings. The monoisotopic (exact) mass is 235 g/mol. The van der Waals surface area contributed by atoms with Crippen molar-refractivity contribution in [3.05, 3.63) is 23.8 Å². The van der Waals surface area contributed by atoms with Crippen LogP contribution in [0.3, 0.4) is 0 Å². The Bertz CT molecular complexity index is 411. The van der Waals surface area contributed by atoms with Crippen LogP contribution in [0.15, 0.2) is 18.2 Å². The first kappa shape index (κ1) is 13.6. The fourth-order valence-corrected chi connectivity index (χ4v) is 1.35. The maximum absolute atomic E-state index is 12.1. The Kier molecular flexibility index (Phi) is 4.16. The smallest absolute Gasteiger partial charge is 0.230 e. The van der Waals surface area contributed by atoms with E-state index in [1.807, 2.05) is 45.9 Å². The Morgan fingerprint density at radius 3 is 2.59 bits per heavy atom. The highest BCUT2D eigenvalue weighted by atomic mass is 16.5. The summed E-state index contributed by atoms with van der Waals surface area (Å²) in [5.41, 5.74) is 1.47. The minimum absolute atomic E-state index is 0.0159. The molecule has 3 nitrogen and oxygen atoms in total. The number of amides is 1. The molecule has 0 aliphatic rings. The van der Waals surface area contributed by atoms with Crippen LogP contribution in [0.25, 0.3) is 0 Å². The van der Waals surface area contributed by atoms with Crippen molar-refractivity contribution < 1.29 is 9.53 Å². The van der Waals surface area contributed by atoms with E-state index >= 15 is 0 Å². The normalized spacial score (nSPS) is 11.1. The van der Waals surface area contributed by atoms with Crippen LogP contribution >= 0.6 is 0 Å². The number of carbonyl (C=O) groups is 1. The Hall–Kier alpha value is -1.51. The van der Waals surface area contributed by atoms with Gasteiger partial charge >= 0.3 is 0 Å². The van der Waals surface area contributed by atoms with Crippen molar-refractivity contribution in [2.24, 2.45) is 5.41 Å². The van der Waals surface area contributed by atoms with Gasteiger partial charge in [-0.1, -0.05) is 26.8 Å². The zero-order valence-electron chi connectivity index (χ0n) is 11.3. The van der Waals surface area contributed by atoms with E-state index < -0.39 is 0 Å². The van der Waals surface area contributed by atoms with E-state index in [0.717, 1.165) is 17.7 Å². The molecule has 94 valence electrons. The molecule has 3 heteroatoms. The van der Waals surface area contributed by atoms with E-state index in [0.29, 0.717) is 5.75 Å². The highest BCUT2D eigenvalue weighted by Crippen LogP contribution is 2.28. The third-order valence-corrected chi connectivity index (χ3v) is 3.10. The Morgan fingerprint density at radius 2 is 2.06 bits per heavy atom. The summed E-state index contributed by atoms with van der Waals surface area (Å²) in [6.45, 7) is 7.86. The van der Waals surface area contributed by atoms with E-state index in [2.05, 4.69) is 5.32 Å². The van der Waals surface area contributed by atoms with Crippen LogP contribution in [-0.4, -0.2) is 13.0 Å². The van der Waals surface area contributed by atoms with Gasteiger partial charge in [0.1, 0.15) is 5.75 Å². The number of benzene rings is 1. The minimum atomic E-state index is -0.365. The molecule has 0 unspecified atom stereocenters. The number of methoxy groups -OCH3 is 1. The number of carbonyl (C=O) groups excluding carboxylic acids is 1. The number of ether oxygens (including phenoxy) is 1. The van der Waals surface area contributed by atoms with Gasteiger partial charge < -0.3 is 10.1 Å². The van der Waals surface area contributed by atoms with Crippen LogP contribution in [0.2, 0.25) is 0 Å². The Morgan fingerprint density at radius 1 is 1.41 bits per heavy atom. The summed E-state index contributed by atoms with van der Waals surface area (Å²) in [5, 5.41) is 2.92. The first-order valence-electron chi connectivity index (χ1n) is 5.87. The zero-order valence-corrected chi connectivity index (χ0v) is 11.3. The quantitative estimate of drug-likeness (QED) is 0.868. The summed E-state index contributed by atoms with van der Waals surface area (Å²) in [5.74, 6) is 0.715. The number of hydrogen-bond donors (Lipinski definition) is 1. The number of anilines is 1. The number of rotatable bonds is 4. The topological polar surface area (TPSA) is 38.3 Å². The van der Waals surface area contributed by atoms with E-state index in [-0.39, 0.29) is 11.3 Å². The van der Waals surface area contributed by atoms with Crippen molar-refractivity contribution in [3.63, 3.8) is 0 Å². The van der Waals surface area contributed by atoms with Crippen molar-refractivity contribution in [3.8, 4) is 5.75 Å². The Balaban J connectivity index is 2.92. The average Bonchev–Trinajstić information content (AvgIpc) is 2.31. The lowest BCUT2D eigenvalue weighted by Crippen LogP contribution is -2.30. The molecule has 0 spiro atoms. The van der Waals surface area contributed by atoms with Gasteiger partial charge in [-0.15, -0.1) is 0 Å². The molecule has 17 heavy (non-hydrogen) atoms. The number of nitrogens with one attached hydrogen (secondary N) is 1. The maximum Gasteiger partial charge on any atom is 0.230 e. The molecule has 0 heterocycles. The SMILES string of the molecule is CCC(C)(C)C(=O)Nc1ccc(C)cc1OC. The lowest BCUT2D eigenvalue weighted by atomic mass is 9.89. The summed E-state index contributed by atoms with van der Waals surface area (Å²) >= 11 is 0. The first-order valence-corrected chi connectivity index (χ1v) is 5.87. The molecule has 0 bridgehead atoms. The van der Waals surface area contributed by atoms with Gasteiger partial charge in [0.2, 0.25) is 5.91 Å². The molecular weight excluding hydrogens is 214 g/mol. The zero-order chi connectivity index (χ0) is 13.1. The molecule has 1 N–H and O–H groups in total. The second kappa shape index (κ2) is 5.21. The molecule has 1 aromatic rings. The largest absolute Gasteiger partial charge is 0.495 e. The first-order chi connectivity index (χ1) is 7.90. The molecule has 0 aliphatic carbocycles. The van der Waals surface area contributed by atoms with Crippen LogP contribution < -0.4 is 10.1 Å². The van der Waals surface area contributed by atoms with Crippen LogP contribution in [0.1, 0.15) is 32.8 Å². The molecule has 0 atom stereocenters. The third kappa shape index (κ3) is 3.22. The average molecular weight is 235 g/mol. The van der Waals surface area contributed by atoms with Crippen LogP contribution in [-0.2, 0) is 4.79 Å². The van der Waals surface area contributed by atoms with E-state index in [1.165, 1.54) is 0 Å². The number of aryl methyl sites for hydroxylation is 1. The summed E-state index contributed by atoms with van der Waals surface area (Å²) < 4.78 is 5.26. The van der Waals surface area contributed by atoms with Gasteiger partial charge in [-0.05, 0) is 31.0 Å². The van der Waals surface area contributed by atoms with Crippen molar-refractivity contribution >= 4 is 11.6 Å². The van der Waals surface area contributed by atoms with Gasteiger partial charge in [0, 0.05) is 5.41 Å². The molecule has 1 aromatic carbocycles. The lowest BCUT2D eigenvalue weighted by molar-refractivity contribution is -0.124. The van der Waals surface area contributed by atoms with Gasteiger partial charge in [-0.2, -0.15) is 0 Å². The molecule has 0 aliphatic heterocycles. The molecule has 0 radical (unpaired) electrons. The standard InChI is InChI=1S/C14H21NO2/c1-6-14(3,4)13(16)15-11-8-7-10(2)9-12(11)17-5/h7-9H,6H2,1-5H3,(H,15,16). The van der Waals surface area contributed by atoms with Gasteiger partial charge in [-0.3, -0.25) is 4.79 Å². The van der Waals surface area contributed by atoms with E-state index in [9.17, 15) is 4.79 Å². The fraction of sp³-hybridized carbons (Fsp3) is 0.500. The van der Waals surface area contributed by atoms with Crippen LogP contribution in [0, 0.1) is 12.3 Å². The van der Waals surface area contributed by atoms with Crippen molar-refractivity contribution in [2.45, 2.75) is 34.1 Å². The fourth-order valence-electron chi connectivity index (χ4n) is 1.35. The highest BCUT2D eigenvalue weighted by Gasteiger charge is 2.25. The molecule has 0 aromatic heterocycles. The van der Waals surface area contributed by atoms with Crippen molar-refractivity contribution in [1.82, 2.24) is 0 Å². The second-order valence-electron chi connectivity index (χ2n) is 4.90. The summed E-state index contributed by atoms with van der Waals surface area (Å²) in [4.78, 5) is 12.1. The highest BCUT2D eigenvalue weighted by molar-refractivity contribution is 5.96. The van der Waals surface area contributed by atoms with Crippen LogP contribution in [0.5, 0.6) is 5.75 Å². The molecule has 0 saturated carbocycles. The van der Waals surface area contributed by atoms with Gasteiger partial charge in [-0.25, -0.2) is 0 Å². The van der Waals surface area contributed by atoms with Crippen LogP contribution in [0.4, 0.5) is 5.69 Å². The molecular formula is C14H21NO2. The maximum atomic E-state index is 12.1. The van der Waals surface area contributed by atoms with Gasteiger partial charge in [0.25, 0.3) is 0 Å². The molecule has 0 saturated heterocycles. The molecule has 1 amide bonds. The summed E-state index contributed by atoms with van der Waals surface area (Å²) in [6.07, 6.45) is 0.799. The van der Waals surface area contributed by atoms with Gasteiger partial charge in [0.05, 0.1) is 12.8 Å². The predicted molar refractivity (Wildman–Crippen MR) is 70.4 cm³/mol. The lowest BCUT2D eigenvalue weighted by Gasteiger charge is -2.22. The third-order valence-electron chi connectivity index (χ3n) is 3.10. The number of hydrogen-bond acceptors (Lipinski definition) is 2.